The van der Waals surface area contributed by atoms with E-state index in [0.29, 0.717) is 16.3 Å². The van der Waals surface area contributed by atoms with Crippen molar-refractivity contribution in [3.63, 3.8) is 0 Å². The van der Waals surface area contributed by atoms with E-state index in [4.69, 9.17) is 11.6 Å². The standard InChI is InChI=1S/C14H14ClNO3/c1-9-14(19)12(17)5-6-16(9)8-13(18)10-3-2-4-11(15)7-10/h2-7,13,18-19H,8H2,1H3/t13-/m0/s1. The quantitative estimate of drug-likeness (QED) is 0.906. The highest BCUT2D eigenvalue weighted by Crippen LogP contribution is 2.20. The maximum Gasteiger partial charge on any atom is 0.223 e. The van der Waals surface area contributed by atoms with E-state index in [2.05, 4.69) is 0 Å². The van der Waals surface area contributed by atoms with Gasteiger partial charge in [0.05, 0.1) is 18.3 Å². The number of hydrogen-bond donors (Lipinski definition) is 2. The molecule has 0 aliphatic carbocycles. The van der Waals surface area contributed by atoms with Crippen LogP contribution >= 0.6 is 11.6 Å². The van der Waals surface area contributed by atoms with Gasteiger partial charge in [-0.3, -0.25) is 4.79 Å². The van der Waals surface area contributed by atoms with E-state index in [1.165, 1.54) is 6.07 Å². The Morgan fingerprint density at radius 3 is 2.79 bits per heavy atom. The summed E-state index contributed by atoms with van der Waals surface area (Å²) in [6, 6.07) is 8.22. The van der Waals surface area contributed by atoms with Crippen LogP contribution in [0.3, 0.4) is 0 Å². The van der Waals surface area contributed by atoms with E-state index in [-0.39, 0.29) is 12.3 Å². The van der Waals surface area contributed by atoms with Crippen molar-refractivity contribution in [2.45, 2.75) is 19.6 Å². The van der Waals surface area contributed by atoms with Crippen LogP contribution in [-0.4, -0.2) is 14.8 Å². The van der Waals surface area contributed by atoms with Gasteiger partial charge in [0.25, 0.3) is 0 Å². The fraction of sp³-hybridized carbons (Fsp3) is 0.214. The zero-order valence-corrected chi connectivity index (χ0v) is 11.1. The lowest BCUT2D eigenvalue weighted by atomic mass is 10.1. The molecule has 5 heteroatoms. The van der Waals surface area contributed by atoms with Crippen molar-refractivity contribution in [3.05, 3.63) is 63.0 Å². The Morgan fingerprint density at radius 2 is 2.11 bits per heavy atom. The Morgan fingerprint density at radius 1 is 1.37 bits per heavy atom. The van der Waals surface area contributed by atoms with Crippen molar-refractivity contribution in [2.24, 2.45) is 0 Å². The van der Waals surface area contributed by atoms with E-state index in [1.54, 1.807) is 42.0 Å². The number of rotatable bonds is 3. The van der Waals surface area contributed by atoms with Crippen molar-refractivity contribution >= 4 is 11.6 Å². The summed E-state index contributed by atoms with van der Waals surface area (Å²) in [5.74, 6) is -0.291. The van der Waals surface area contributed by atoms with Gasteiger partial charge in [0, 0.05) is 17.3 Å². The van der Waals surface area contributed by atoms with E-state index < -0.39 is 11.5 Å². The van der Waals surface area contributed by atoms with Crippen LogP contribution in [0.5, 0.6) is 5.75 Å². The summed E-state index contributed by atoms with van der Waals surface area (Å²) < 4.78 is 1.63. The van der Waals surface area contributed by atoms with Gasteiger partial charge in [0.2, 0.25) is 5.43 Å². The zero-order valence-electron chi connectivity index (χ0n) is 10.4. The Balaban J connectivity index is 2.27. The number of halogens is 1. The van der Waals surface area contributed by atoms with Gasteiger partial charge < -0.3 is 14.8 Å². The summed E-state index contributed by atoms with van der Waals surface area (Å²) in [4.78, 5) is 11.2. The average molecular weight is 280 g/mol. The Hall–Kier alpha value is -1.78. The van der Waals surface area contributed by atoms with Crippen LogP contribution in [0.1, 0.15) is 17.4 Å². The molecule has 1 aromatic heterocycles. The first-order chi connectivity index (χ1) is 8.99. The summed E-state index contributed by atoms with van der Waals surface area (Å²) in [5.41, 5.74) is 0.685. The topological polar surface area (TPSA) is 62.5 Å². The van der Waals surface area contributed by atoms with E-state index in [0.717, 1.165) is 0 Å². The lowest BCUT2D eigenvalue weighted by Crippen LogP contribution is -2.14. The van der Waals surface area contributed by atoms with Gasteiger partial charge in [0.15, 0.2) is 5.75 Å². The second-order valence-electron chi connectivity index (χ2n) is 4.34. The van der Waals surface area contributed by atoms with Crippen LogP contribution in [0.2, 0.25) is 5.02 Å². The van der Waals surface area contributed by atoms with Crippen LogP contribution < -0.4 is 5.43 Å². The summed E-state index contributed by atoms with van der Waals surface area (Å²) in [6.45, 7) is 1.86. The van der Waals surface area contributed by atoms with E-state index in [9.17, 15) is 15.0 Å². The molecule has 2 rings (SSSR count). The first-order valence-corrected chi connectivity index (χ1v) is 6.19. The fourth-order valence-electron chi connectivity index (χ4n) is 1.87. The molecular formula is C14H14ClNO3. The van der Waals surface area contributed by atoms with E-state index in [1.807, 2.05) is 0 Å². The average Bonchev–Trinajstić information content (AvgIpc) is 2.39. The molecule has 0 saturated carbocycles. The molecule has 100 valence electrons. The monoisotopic (exact) mass is 279 g/mol. The third-order valence-corrected chi connectivity index (χ3v) is 3.25. The van der Waals surface area contributed by atoms with Gasteiger partial charge in [-0.05, 0) is 24.6 Å². The zero-order chi connectivity index (χ0) is 14.0. The fourth-order valence-corrected chi connectivity index (χ4v) is 2.06. The largest absolute Gasteiger partial charge is 0.503 e. The van der Waals surface area contributed by atoms with Crippen molar-refractivity contribution in [2.75, 3.05) is 0 Å². The second kappa shape index (κ2) is 5.47. The molecule has 1 aromatic carbocycles. The third kappa shape index (κ3) is 2.97. The van der Waals surface area contributed by atoms with Crippen molar-refractivity contribution in [3.8, 4) is 5.75 Å². The molecule has 1 heterocycles. The highest BCUT2D eigenvalue weighted by atomic mass is 35.5. The number of aromatic hydroxyl groups is 1. The molecule has 4 nitrogen and oxygen atoms in total. The minimum atomic E-state index is -0.765. The van der Waals surface area contributed by atoms with Crippen LogP contribution in [0.4, 0.5) is 0 Å². The van der Waals surface area contributed by atoms with Crippen molar-refractivity contribution < 1.29 is 10.2 Å². The lowest BCUT2D eigenvalue weighted by molar-refractivity contribution is 0.155. The normalized spacial score (nSPS) is 12.4. The minimum absolute atomic E-state index is 0.236. The molecule has 0 aliphatic heterocycles. The maximum absolute atomic E-state index is 11.2. The number of hydrogen-bond acceptors (Lipinski definition) is 3. The smallest absolute Gasteiger partial charge is 0.223 e. The molecule has 1 atom stereocenters. The van der Waals surface area contributed by atoms with Crippen LogP contribution in [0.15, 0.2) is 41.3 Å². The molecule has 0 radical (unpaired) electrons. The van der Waals surface area contributed by atoms with Crippen LogP contribution in [0.25, 0.3) is 0 Å². The van der Waals surface area contributed by atoms with Crippen LogP contribution in [-0.2, 0) is 6.54 Å². The number of aliphatic hydroxyl groups is 1. The Kier molecular flexibility index (Phi) is 3.93. The number of aliphatic hydroxyl groups excluding tert-OH is 1. The second-order valence-corrected chi connectivity index (χ2v) is 4.77. The number of pyridine rings is 1. The Labute approximate surface area is 115 Å². The molecule has 2 N–H and O–H groups in total. The summed E-state index contributed by atoms with van der Waals surface area (Å²) >= 11 is 5.87. The maximum atomic E-state index is 11.2. The molecule has 0 amide bonds. The predicted octanol–water partition coefficient (Wildman–Crippen LogP) is 2.25. The molecule has 0 bridgehead atoms. The van der Waals surface area contributed by atoms with E-state index >= 15 is 0 Å². The SMILES string of the molecule is Cc1c(O)c(=O)ccn1C[C@H](O)c1cccc(Cl)c1. The number of nitrogens with zero attached hydrogens (tertiary/aromatic N) is 1. The van der Waals surface area contributed by atoms with Gasteiger partial charge in [-0.1, -0.05) is 23.7 Å². The first kappa shape index (κ1) is 13.6. The van der Waals surface area contributed by atoms with Gasteiger partial charge in [-0.25, -0.2) is 0 Å². The van der Waals surface area contributed by atoms with Gasteiger partial charge in [-0.2, -0.15) is 0 Å². The summed E-state index contributed by atoms with van der Waals surface area (Å²) in [7, 11) is 0. The summed E-state index contributed by atoms with van der Waals surface area (Å²) in [6.07, 6.45) is 0.782. The first-order valence-electron chi connectivity index (χ1n) is 5.81. The minimum Gasteiger partial charge on any atom is -0.503 e. The molecular weight excluding hydrogens is 266 g/mol. The molecule has 0 unspecified atom stereocenters. The molecule has 0 spiro atoms. The summed E-state index contributed by atoms with van der Waals surface area (Å²) in [5, 5.41) is 20.3. The lowest BCUT2D eigenvalue weighted by Gasteiger charge is -2.16. The predicted molar refractivity (Wildman–Crippen MR) is 73.5 cm³/mol. The number of aromatic nitrogens is 1. The molecule has 2 aromatic rings. The van der Waals surface area contributed by atoms with Gasteiger partial charge in [-0.15, -0.1) is 0 Å². The van der Waals surface area contributed by atoms with Crippen LogP contribution in [0, 0.1) is 6.92 Å². The van der Waals surface area contributed by atoms with Crippen molar-refractivity contribution in [1.29, 1.82) is 0 Å². The van der Waals surface area contributed by atoms with Gasteiger partial charge >= 0.3 is 0 Å². The van der Waals surface area contributed by atoms with Crippen molar-refractivity contribution in [1.82, 2.24) is 4.57 Å². The highest BCUT2D eigenvalue weighted by molar-refractivity contribution is 6.30. The molecule has 0 aliphatic rings. The molecule has 0 fully saturated rings. The highest BCUT2D eigenvalue weighted by Gasteiger charge is 2.11. The number of benzene rings is 1. The van der Waals surface area contributed by atoms with Gasteiger partial charge in [0.1, 0.15) is 0 Å². The Bertz CT molecular complexity index is 651. The third-order valence-electron chi connectivity index (χ3n) is 3.02. The molecule has 0 saturated heterocycles. The molecule has 19 heavy (non-hydrogen) atoms.